The third kappa shape index (κ3) is 5.31. The Hall–Kier alpha value is -0.900. The average Bonchev–Trinajstić information content (AvgIpc) is 2.32. The molecule has 0 amide bonds. The van der Waals surface area contributed by atoms with Gasteiger partial charge in [0, 0.05) is 18.3 Å². The van der Waals surface area contributed by atoms with Crippen molar-refractivity contribution in [2.45, 2.75) is 20.3 Å². The smallest absolute Gasteiger partial charge is 0.167 e. The minimum atomic E-state index is -0.306. The summed E-state index contributed by atoms with van der Waals surface area (Å²) in [5.74, 6) is 2.31. The summed E-state index contributed by atoms with van der Waals surface area (Å²) in [7, 11) is 0. The summed E-state index contributed by atoms with van der Waals surface area (Å²) in [4.78, 5) is 0. The lowest BCUT2D eigenvalue weighted by molar-refractivity contribution is 0.321. The average molecular weight is 257 g/mol. The number of thioether (sulfide) groups is 1. The molecular formula is C13H20FNOS. The maximum absolute atomic E-state index is 13.5. The highest BCUT2D eigenvalue weighted by atomic mass is 32.2. The Labute approximate surface area is 107 Å². The van der Waals surface area contributed by atoms with E-state index in [1.54, 1.807) is 6.07 Å². The first-order valence-electron chi connectivity index (χ1n) is 6.01. The van der Waals surface area contributed by atoms with Crippen molar-refractivity contribution >= 4 is 17.4 Å². The summed E-state index contributed by atoms with van der Waals surface area (Å²) < 4.78 is 18.6. The van der Waals surface area contributed by atoms with Crippen LogP contribution in [0.2, 0.25) is 0 Å². The van der Waals surface area contributed by atoms with Crippen LogP contribution in [-0.4, -0.2) is 24.7 Å². The van der Waals surface area contributed by atoms with Crippen LogP contribution in [0.3, 0.4) is 0 Å². The molecule has 0 aliphatic heterocycles. The molecule has 0 radical (unpaired) electrons. The van der Waals surface area contributed by atoms with Crippen LogP contribution >= 0.6 is 11.8 Å². The molecule has 0 atom stereocenters. The lowest BCUT2D eigenvalue weighted by Gasteiger charge is -2.09. The summed E-state index contributed by atoms with van der Waals surface area (Å²) >= 11 is 1.92. The molecule has 0 saturated heterocycles. The van der Waals surface area contributed by atoms with Gasteiger partial charge in [-0.1, -0.05) is 6.92 Å². The number of rotatable bonds is 8. The zero-order valence-corrected chi connectivity index (χ0v) is 11.3. The van der Waals surface area contributed by atoms with Gasteiger partial charge in [-0.2, -0.15) is 11.8 Å². The van der Waals surface area contributed by atoms with Crippen LogP contribution in [0.15, 0.2) is 18.2 Å². The maximum Gasteiger partial charge on any atom is 0.167 e. The van der Waals surface area contributed by atoms with Crippen molar-refractivity contribution in [2.24, 2.45) is 0 Å². The predicted molar refractivity (Wildman–Crippen MR) is 73.7 cm³/mol. The second-order valence-electron chi connectivity index (χ2n) is 3.56. The molecule has 0 aliphatic rings. The van der Waals surface area contributed by atoms with Crippen LogP contribution in [0.4, 0.5) is 10.1 Å². The molecule has 0 aromatic heterocycles. The van der Waals surface area contributed by atoms with Gasteiger partial charge < -0.3 is 10.1 Å². The summed E-state index contributed by atoms with van der Waals surface area (Å²) in [6.07, 6.45) is 1.09. The fourth-order valence-electron chi connectivity index (χ4n) is 1.43. The van der Waals surface area contributed by atoms with Crippen molar-refractivity contribution in [3.8, 4) is 5.75 Å². The summed E-state index contributed by atoms with van der Waals surface area (Å²) in [6, 6.07) is 5.00. The molecule has 0 spiro atoms. The van der Waals surface area contributed by atoms with Gasteiger partial charge in [0.15, 0.2) is 11.6 Å². The van der Waals surface area contributed by atoms with E-state index in [2.05, 4.69) is 12.2 Å². The first-order chi connectivity index (χ1) is 8.27. The fraction of sp³-hybridized carbons (Fsp3) is 0.538. The summed E-state index contributed by atoms with van der Waals surface area (Å²) in [5.41, 5.74) is 0.812. The van der Waals surface area contributed by atoms with Gasteiger partial charge in [-0.15, -0.1) is 0 Å². The van der Waals surface area contributed by atoms with Gasteiger partial charge in [0.1, 0.15) is 0 Å². The SMILES string of the molecule is CCOc1ccc(NCCCSCC)cc1F. The van der Waals surface area contributed by atoms with E-state index in [1.807, 2.05) is 24.8 Å². The van der Waals surface area contributed by atoms with E-state index in [0.717, 1.165) is 30.2 Å². The van der Waals surface area contributed by atoms with E-state index < -0.39 is 0 Å². The number of ether oxygens (including phenoxy) is 1. The van der Waals surface area contributed by atoms with E-state index in [1.165, 1.54) is 6.07 Å². The van der Waals surface area contributed by atoms with E-state index in [9.17, 15) is 4.39 Å². The van der Waals surface area contributed by atoms with Gasteiger partial charge in [0.2, 0.25) is 0 Å². The Kier molecular flexibility index (Phi) is 6.86. The minimum absolute atomic E-state index is 0.306. The molecule has 1 aromatic carbocycles. The van der Waals surface area contributed by atoms with Crippen molar-refractivity contribution in [3.63, 3.8) is 0 Å². The molecule has 1 aromatic rings. The standard InChI is InChI=1S/C13H20FNOS/c1-3-16-13-7-6-11(10-12(13)14)15-8-5-9-17-4-2/h6-7,10,15H,3-5,8-9H2,1-2H3. The van der Waals surface area contributed by atoms with Gasteiger partial charge in [0.25, 0.3) is 0 Å². The maximum atomic E-state index is 13.5. The molecule has 96 valence electrons. The van der Waals surface area contributed by atoms with Crippen molar-refractivity contribution in [3.05, 3.63) is 24.0 Å². The van der Waals surface area contributed by atoms with Crippen LogP contribution < -0.4 is 10.1 Å². The second-order valence-corrected chi connectivity index (χ2v) is 4.95. The molecule has 0 aliphatic carbocycles. The largest absolute Gasteiger partial charge is 0.491 e. The van der Waals surface area contributed by atoms with Crippen molar-refractivity contribution in [2.75, 3.05) is 30.0 Å². The highest BCUT2D eigenvalue weighted by molar-refractivity contribution is 7.99. The molecular weight excluding hydrogens is 237 g/mol. The highest BCUT2D eigenvalue weighted by Crippen LogP contribution is 2.21. The number of hydrogen-bond acceptors (Lipinski definition) is 3. The Morgan fingerprint density at radius 2 is 2.18 bits per heavy atom. The van der Waals surface area contributed by atoms with E-state index in [-0.39, 0.29) is 5.82 Å². The molecule has 0 unspecified atom stereocenters. The number of nitrogens with one attached hydrogen (secondary N) is 1. The third-order valence-corrected chi connectivity index (χ3v) is 3.22. The lowest BCUT2D eigenvalue weighted by Crippen LogP contribution is -2.03. The Morgan fingerprint density at radius 1 is 1.35 bits per heavy atom. The van der Waals surface area contributed by atoms with Gasteiger partial charge in [0.05, 0.1) is 6.61 Å². The first-order valence-corrected chi connectivity index (χ1v) is 7.17. The van der Waals surface area contributed by atoms with Crippen molar-refractivity contribution < 1.29 is 9.13 Å². The Balaban J connectivity index is 2.36. The van der Waals surface area contributed by atoms with E-state index >= 15 is 0 Å². The zero-order chi connectivity index (χ0) is 12.5. The number of anilines is 1. The van der Waals surface area contributed by atoms with E-state index in [0.29, 0.717) is 12.4 Å². The van der Waals surface area contributed by atoms with Gasteiger partial charge in [-0.3, -0.25) is 0 Å². The number of hydrogen-bond donors (Lipinski definition) is 1. The number of benzene rings is 1. The fourth-order valence-corrected chi connectivity index (χ4v) is 2.07. The molecule has 17 heavy (non-hydrogen) atoms. The quantitative estimate of drug-likeness (QED) is 0.716. The number of halogens is 1. The minimum Gasteiger partial charge on any atom is -0.491 e. The van der Waals surface area contributed by atoms with Crippen LogP contribution in [-0.2, 0) is 0 Å². The highest BCUT2D eigenvalue weighted by Gasteiger charge is 2.03. The van der Waals surface area contributed by atoms with Crippen LogP contribution in [0.1, 0.15) is 20.3 Å². The third-order valence-electron chi connectivity index (χ3n) is 2.23. The van der Waals surface area contributed by atoms with Gasteiger partial charge >= 0.3 is 0 Å². The van der Waals surface area contributed by atoms with Crippen LogP contribution in [0.25, 0.3) is 0 Å². The molecule has 0 fully saturated rings. The van der Waals surface area contributed by atoms with Crippen LogP contribution in [0, 0.1) is 5.82 Å². The molecule has 4 heteroatoms. The zero-order valence-electron chi connectivity index (χ0n) is 10.5. The second kappa shape index (κ2) is 8.23. The van der Waals surface area contributed by atoms with Gasteiger partial charge in [-0.05, 0) is 37.0 Å². The topological polar surface area (TPSA) is 21.3 Å². The predicted octanol–water partition coefficient (Wildman–Crippen LogP) is 3.78. The monoisotopic (exact) mass is 257 g/mol. The first kappa shape index (κ1) is 14.2. The molecule has 0 heterocycles. The molecule has 0 bridgehead atoms. The Bertz CT molecular complexity index is 333. The summed E-state index contributed by atoms with van der Waals surface area (Å²) in [5, 5.41) is 3.20. The lowest BCUT2D eigenvalue weighted by atomic mass is 10.3. The Morgan fingerprint density at radius 3 is 2.82 bits per heavy atom. The van der Waals surface area contributed by atoms with Crippen LogP contribution in [0.5, 0.6) is 5.75 Å². The molecule has 1 rings (SSSR count). The van der Waals surface area contributed by atoms with Gasteiger partial charge in [-0.25, -0.2) is 4.39 Å². The summed E-state index contributed by atoms with van der Waals surface area (Å²) in [6.45, 7) is 5.36. The van der Waals surface area contributed by atoms with Crippen molar-refractivity contribution in [1.29, 1.82) is 0 Å². The molecule has 0 saturated carbocycles. The normalized spacial score (nSPS) is 10.3. The molecule has 2 nitrogen and oxygen atoms in total. The van der Waals surface area contributed by atoms with E-state index in [4.69, 9.17) is 4.74 Å². The molecule has 1 N–H and O–H groups in total. The van der Waals surface area contributed by atoms with Crippen molar-refractivity contribution in [1.82, 2.24) is 0 Å².